The van der Waals surface area contributed by atoms with Crippen molar-refractivity contribution in [1.29, 1.82) is 0 Å². The SMILES string of the molecule is CCCC(=O)O.CCCC(=O)O.CCCC(=O)O.CCCC(=O)O.CCCC(=O)OCCCC[C@@H](C)OC. The van der Waals surface area contributed by atoms with Crippen molar-refractivity contribution < 1.29 is 53.9 Å². The van der Waals surface area contributed by atoms with Gasteiger partial charge in [-0.15, -0.1) is 0 Å². The van der Waals surface area contributed by atoms with E-state index in [1.807, 2.05) is 41.5 Å². The Hall–Kier alpha value is -2.69. The van der Waals surface area contributed by atoms with Crippen LogP contribution in [0.1, 0.15) is 125 Å². The van der Waals surface area contributed by atoms with Crippen LogP contribution < -0.4 is 0 Å². The predicted molar refractivity (Wildman–Crippen MR) is 146 cm³/mol. The minimum Gasteiger partial charge on any atom is -0.481 e. The lowest BCUT2D eigenvalue weighted by atomic mass is 10.2. The topological polar surface area (TPSA) is 185 Å². The van der Waals surface area contributed by atoms with Crippen molar-refractivity contribution in [3.8, 4) is 0 Å². The number of methoxy groups -OCH3 is 1. The van der Waals surface area contributed by atoms with Gasteiger partial charge in [-0.25, -0.2) is 0 Å². The van der Waals surface area contributed by atoms with E-state index < -0.39 is 23.9 Å². The molecule has 4 N–H and O–H groups in total. The highest BCUT2D eigenvalue weighted by atomic mass is 16.5. The van der Waals surface area contributed by atoms with Crippen molar-refractivity contribution in [3.05, 3.63) is 0 Å². The molecule has 1 atom stereocenters. The van der Waals surface area contributed by atoms with Crippen LogP contribution in [0.15, 0.2) is 0 Å². The largest absolute Gasteiger partial charge is 0.481 e. The van der Waals surface area contributed by atoms with Crippen LogP contribution in [0.2, 0.25) is 0 Å². The van der Waals surface area contributed by atoms with Crippen LogP contribution in [-0.4, -0.2) is 70.1 Å². The number of hydrogen-bond donors (Lipinski definition) is 4. The average Bonchev–Trinajstić information content (AvgIpc) is 2.80. The Kier molecular flexibility index (Phi) is 46.2. The second-order valence-electron chi connectivity index (χ2n) is 8.09. The molecule has 228 valence electrons. The monoisotopic (exact) mass is 554 g/mol. The molecule has 0 aromatic heterocycles. The van der Waals surface area contributed by atoms with E-state index in [9.17, 15) is 24.0 Å². The van der Waals surface area contributed by atoms with E-state index in [1.54, 1.807) is 7.11 Å². The van der Waals surface area contributed by atoms with E-state index in [2.05, 4.69) is 0 Å². The molecule has 0 aromatic rings. The molecule has 0 saturated heterocycles. The van der Waals surface area contributed by atoms with E-state index in [1.165, 1.54) is 0 Å². The summed E-state index contributed by atoms with van der Waals surface area (Å²) in [6.07, 6.45) is 8.81. The van der Waals surface area contributed by atoms with Gasteiger partial charge >= 0.3 is 29.8 Å². The molecule has 0 rings (SSSR count). The zero-order chi connectivity index (χ0) is 30.8. The van der Waals surface area contributed by atoms with Gasteiger partial charge in [0.25, 0.3) is 0 Å². The Labute approximate surface area is 228 Å². The van der Waals surface area contributed by atoms with Crippen LogP contribution in [-0.2, 0) is 33.4 Å². The van der Waals surface area contributed by atoms with Gasteiger partial charge in [-0.3, -0.25) is 24.0 Å². The Balaban J connectivity index is -0.000000128. The van der Waals surface area contributed by atoms with Crippen molar-refractivity contribution in [2.75, 3.05) is 13.7 Å². The predicted octanol–water partition coefficient (Wildman–Crippen LogP) is 6.02. The molecule has 0 amide bonds. The number of aliphatic carboxylic acids is 4. The highest BCUT2D eigenvalue weighted by molar-refractivity contribution is 5.69. The van der Waals surface area contributed by atoms with Gasteiger partial charge in [0.2, 0.25) is 0 Å². The van der Waals surface area contributed by atoms with Crippen molar-refractivity contribution >= 4 is 29.8 Å². The fraction of sp³-hybridized carbons (Fsp3) is 0.815. The summed E-state index contributed by atoms with van der Waals surface area (Å²) in [6, 6.07) is 0. The molecule has 0 aliphatic carbocycles. The molecule has 0 unspecified atom stereocenters. The van der Waals surface area contributed by atoms with Gasteiger partial charge in [0.05, 0.1) is 12.7 Å². The van der Waals surface area contributed by atoms with Crippen LogP contribution in [0.3, 0.4) is 0 Å². The molecular weight excluding hydrogens is 500 g/mol. The summed E-state index contributed by atoms with van der Waals surface area (Å²) in [5.74, 6) is -2.92. The summed E-state index contributed by atoms with van der Waals surface area (Å²) < 4.78 is 10.1. The highest BCUT2D eigenvalue weighted by Crippen LogP contribution is 2.03. The standard InChI is InChI=1S/C11H22O3.4C4H8O2/c1-4-7-11(12)14-9-6-5-8-10(2)13-3;4*1-2-3-4(5)6/h10H,4-9H2,1-3H3;4*2-3H2,1H3,(H,5,6)/t10-;;;;/m1..../s1. The Bertz CT molecular complexity index is 499. The number of carboxylic acids is 4. The number of rotatable bonds is 16. The van der Waals surface area contributed by atoms with Gasteiger partial charge in [-0.1, -0.05) is 34.6 Å². The van der Waals surface area contributed by atoms with Gasteiger partial charge in [0, 0.05) is 39.2 Å². The number of esters is 1. The maximum Gasteiger partial charge on any atom is 0.305 e. The number of carbonyl (C=O) groups is 5. The third kappa shape index (κ3) is 69.9. The second-order valence-corrected chi connectivity index (χ2v) is 8.09. The van der Waals surface area contributed by atoms with Crippen LogP contribution in [0, 0.1) is 0 Å². The Morgan fingerprint density at radius 1 is 0.579 bits per heavy atom. The fourth-order valence-electron chi connectivity index (χ4n) is 1.97. The summed E-state index contributed by atoms with van der Waals surface area (Å²) in [4.78, 5) is 49.3. The van der Waals surface area contributed by atoms with Crippen LogP contribution in [0.25, 0.3) is 0 Å². The van der Waals surface area contributed by atoms with Gasteiger partial charge in [0.15, 0.2) is 0 Å². The van der Waals surface area contributed by atoms with E-state index in [0.29, 0.717) is 44.8 Å². The quantitative estimate of drug-likeness (QED) is 0.129. The maximum absolute atomic E-state index is 10.9. The molecule has 0 fully saturated rings. The molecule has 0 radical (unpaired) electrons. The molecule has 0 saturated carbocycles. The smallest absolute Gasteiger partial charge is 0.305 e. The van der Waals surface area contributed by atoms with E-state index in [0.717, 1.165) is 51.4 Å². The summed E-state index contributed by atoms with van der Waals surface area (Å²) in [6.45, 7) is 11.9. The van der Waals surface area contributed by atoms with E-state index >= 15 is 0 Å². The first-order valence-electron chi connectivity index (χ1n) is 13.3. The van der Waals surface area contributed by atoms with Crippen molar-refractivity contribution in [2.24, 2.45) is 0 Å². The maximum atomic E-state index is 10.9. The zero-order valence-electron chi connectivity index (χ0n) is 24.6. The van der Waals surface area contributed by atoms with Gasteiger partial charge in [-0.05, 0) is 58.3 Å². The number of carbonyl (C=O) groups excluding carboxylic acids is 1. The number of unbranched alkanes of at least 4 members (excludes halogenated alkanes) is 1. The third-order valence-electron chi connectivity index (χ3n) is 3.98. The normalized spacial score (nSPS) is 9.76. The van der Waals surface area contributed by atoms with Crippen molar-refractivity contribution in [3.63, 3.8) is 0 Å². The molecule has 38 heavy (non-hydrogen) atoms. The van der Waals surface area contributed by atoms with Crippen LogP contribution >= 0.6 is 0 Å². The second kappa shape index (κ2) is 38.8. The number of carboxylic acid groups (broad SMARTS) is 4. The van der Waals surface area contributed by atoms with Crippen LogP contribution in [0.4, 0.5) is 0 Å². The summed E-state index contributed by atoms with van der Waals surface area (Å²) in [5.41, 5.74) is 0. The fourth-order valence-corrected chi connectivity index (χ4v) is 1.97. The van der Waals surface area contributed by atoms with Gasteiger partial charge in [-0.2, -0.15) is 0 Å². The van der Waals surface area contributed by atoms with E-state index in [-0.39, 0.29) is 5.97 Å². The third-order valence-corrected chi connectivity index (χ3v) is 3.98. The molecule has 0 aliphatic heterocycles. The number of ether oxygens (including phenoxy) is 2. The first-order valence-corrected chi connectivity index (χ1v) is 13.3. The van der Waals surface area contributed by atoms with Crippen LogP contribution in [0.5, 0.6) is 0 Å². The lowest BCUT2D eigenvalue weighted by Crippen LogP contribution is -2.07. The molecule has 0 spiro atoms. The Morgan fingerprint density at radius 3 is 1.11 bits per heavy atom. The van der Waals surface area contributed by atoms with E-state index in [4.69, 9.17) is 29.9 Å². The zero-order valence-corrected chi connectivity index (χ0v) is 24.6. The van der Waals surface area contributed by atoms with Gasteiger partial charge < -0.3 is 29.9 Å². The lowest BCUT2D eigenvalue weighted by Gasteiger charge is -2.08. The Morgan fingerprint density at radius 2 is 0.895 bits per heavy atom. The highest BCUT2D eigenvalue weighted by Gasteiger charge is 2.01. The molecule has 11 nitrogen and oxygen atoms in total. The van der Waals surface area contributed by atoms with Gasteiger partial charge in [0.1, 0.15) is 0 Å². The number of hydrogen-bond acceptors (Lipinski definition) is 7. The minimum atomic E-state index is -0.711. The van der Waals surface area contributed by atoms with Crippen molar-refractivity contribution in [1.82, 2.24) is 0 Å². The minimum absolute atomic E-state index is 0.0766. The molecule has 11 heteroatoms. The summed E-state index contributed by atoms with van der Waals surface area (Å²) in [7, 11) is 1.71. The summed E-state index contributed by atoms with van der Waals surface area (Å²) >= 11 is 0. The first kappa shape index (κ1) is 45.2. The molecule has 0 aliphatic rings. The average molecular weight is 555 g/mol. The van der Waals surface area contributed by atoms with Crippen molar-refractivity contribution in [2.45, 2.75) is 131 Å². The lowest BCUT2D eigenvalue weighted by molar-refractivity contribution is -0.144. The molecule has 0 bridgehead atoms. The summed E-state index contributed by atoms with van der Waals surface area (Å²) in [5, 5.41) is 31.7. The molecule has 0 heterocycles. The molecule has 0 aromatic carbocycles. The first-order chi connectivity index (χ1) is 17.8. The molecular formula is C27H54O11.